The van der Waals surface area contributed by atoms with Crippen LogP contribution in [-0.4, -0.2) is 0 Å². The normalized spacial score (nSPS) is 12.9. The SMILES string of the molecule is Cc1cc2c(oc3ccccc32)c(-c2c3cc(CC(C)CCc4c(C)cc5c(oc6ccccc65)c4-c4c5ccc6c(oc7cccc(CC(C)C)c76)c5cc[n+]4C)c4c5ccccc5oc4c3cc[n+]2C)c1C. The number of aromatic nitrogens is 2. The van der Waals surface area contributed by atoms with E-state index in [2.05, 4.69) is 211 Å². The molecule has 6 nitrogen and oxygen atoms in total. The fraction of sp³-hybridized carbons (Fsp3) is 0.206. The number of nitrogens with zero attached hydrogens (tertiary/aromatic N) is 2. The van der Waals surface area contributed by atoms with Crippen LogP contribution in [0.15, 0.2) is 164 Å². The minimum absolute atomic E-state index is 0.308. The third-order valence-corrected chi connectivity index (χ3v) is 16.5. The van der Waals surface area contributed by atoms with Crippen molar-refractivity contribution in [3.63, 3.8) is 0 Å². The summed E-state index contributed by atoms with van der Waals surface area (Å²) in [7, 11) is 4.33. The van der Waals surface area contributed by atoms with Gasteiger partial charge in [-0.15, -0.1) is 0 Å². The molecule has 1 unspecified atom stereocenters. The number of furan rings is 4. The average Bonchev–Trinajstić information content (AvgIpc) is 4.18. The van der Waals surface area contributed by atoms with Gasteiger partial charge in [-0.25, -0.2) is 9.13 Å². The van der Waals surface area contributed by atoms with Crippen LogP contribution in [0.3, 0.4) is 0 Å². The van der Waals surface area contributed by atoms with Crippen LogP contribution in [0, 0.1) is 32.6 Å². The monoisotopic (exact) mass is 966 g/mol. The molecule has 0 spiro atoms. The summed E-state index contributed by atoms with van der Waals surface area (Å²) in [6, 6.07) is 48.1. The zero-order valence-electron chi connectivity index (χ0n) is 43.4. The summed E-state index contributed by atoms with van der Waals surface area (Å²) in [5.74, 6) is 0.840. The number of pyridine rings is 2. The Morgan fingerprint density at radius 2 is 0.973 bits per heavy atom. The summed E-state index contributed by atoms with van der Waals surface area (Å²) in [6.45, 7) is 13.7. The van der Waals surface area contributed by atoms with E-state index in [9.17, 15) is 0 Å². The molecular weight excluding hydrogens is 909 g/mol. The number of hydrogen-bond acceptors (Lipinski definition) is 4. The van der Waals surface area contributed by atoms with Crippen molar-refractivity contribution in [1.29, 1.82) is 0 Å². The van der Waals surface area contributed by atoms with Crippen molar-refractivity contribution in [3.05, 3.63) is 179 Å². The third-order valence-electron chi connectivity index (χ3n) is 16.5. The summed E-state index contributed by atoms with van der Waals surface area (Å²) in [5, 5.41) is 13.8. The minimum Gasteiger partial charge on any atom is -0.455 e. The highest BCUT2D eigenvalue weighted by Crippen LogP contribution is 2.47. The predicted octanol–water partition coefficient (Wildman–Crippen LogP) is 17.5. The second kappa shape index (κ2) is 16.7. The van der Waals surface area contributed by atoms with E-state index in [0.717, 1.165) is 141 Å². The molecule has 0 N–H and O–H groups in total. The van der Waals surface area contributed by atoms with Gasteiger partial charge in [0.1, 0.15) is 58.8 Å². The quantitative estimate of drug-likeness (QED) is 0.135. The van der Waals surface area contributed by atoms with E-state index >= 15 is 0 Å². The summed E-state index contributed by atoms with van der Waals surface area (Å²) < 4.78 is 32.2. The Balaban J connectivity index is 0.924. The second-order valence-corrected chi connectivity index (χ2v) is 21.8. The van der Waals surface area contributed by atoms with E-state index in [-0.39, 0.29) is 0 Å². The van der Waals surface area contributed by atoms with Crippen LogP contribution in [0.1, 0.15) is 60.6 Å². The van der Waals surface area contributed by atoms with Crippen LogP contribution in [-0.2, 0) is 33.4 Å². The molecule has 0 fully saturated rings. The molecule has 0 saturated heterocycles. The molecule has 14 aromatic rings. The van der Waals surface area contributed by atoms with Crippen molar-refractivity contribution in [2.75, 3.05) is 0 Å². The van der Waals surface area contributed by atoms with E-state index in [1.807, 2.05) is 0 Å². The Labute approximate surface area is 429 Å². The van der Waals surface area contributed by atoms with Gasteiger partial charge in [0.25, 0.3) is 0 Å². The molecule has 0 aliphatic rings. The van der Waals surface area contributed by atoms with Crippen LogP contribution < -0.4 is 9.13 Å². The van der Waals surface area contributed by atoms with Gasteiger partial charge in [-0.2, -0.15) is 0 Å². The summed E-state index contributed by atoms with van der Waals surface area (Å²) in [4.78, 5) is 0. The molecule has 0 aliphatic carbocycles. The lowest BCUT2D eigenvalue weighted by molar-refractivity contribution is -0.659. The van der Waals surface area contributed by atoms with Crippen LogP contribution in [0.2, 0.25) is 0 Å². The first-order valence-electron chi connectivity index (χ1n) is 26.4. The van der Waals surface area contributed by atoms with Gasteiger partial charge in [-0.05, 0) is 146 Å². The van der Waals surface area contributed by atoms with Gasteiger partial charge in [0.2, 0.25) is 11.4 Å². The molecule has 14 rings (SSSR count). The predicted molar refractivity (Wildman–Crippen MR) is 304 cm³/mol. The molecule has 6 heteroatoms. The Morgan fingerprint density at radius 1 is 0.419 bits per heavy atom. The van der Waals surface area contributed by atoms with Gasteiger partial charge in [0.05, 0.1) is 21.9 Å². The molecular formula is C68H58N2O4+2. The van der Waals surface area contributed by atoms with Crippen molar-refractivity contribution < 1.29 is 26.8 Å². The fourth-order valence-corrected chi connectivity index (χ4v) is 12.9. The van der Waals surface area contributed by atoms with Crippen LogP contribution in [0.4, 0.5) is 0 Å². The number of fused-ring (bicyclic) bond motifs is 16. The second-order valence-electron chi connectivity index (χ2n) is 21.8. The molecule has 1 atom stereocenters. The Bertz CT molecular complexity index is 4670. The largest absolute Gasteiger partial charge is 0.455 e. The Hall–Kier alpha value is -8.22. The number of rotatable bonds is 9. The smallest absolute Gasteiger partial charge is 0.224 e. The molecule has 0 radical (unpaired) electrons. The number of aryl methyl sites for hydroxylation is 4. The zero-order valence-corrected chi connectivity index (χ0v) is 43.4. The molecule has 0 aliphatic heterocycles. The standard InChI is InChI=1S/C68H58N2O4/c1-37(2)32-42-16-15-23-58-60(42)51-27-26-47-48(65(51)74-58)28-30-69(7)63(47)62-44(40(5)35-54-46-18-10-13-21-56(46)72-68(54)62)25-24-38(3)33-43-36-52-49(66-61(43)50-19-11-14-22-57(50)73-66)29-31-70(8)64(52)59-41(6)39(4)34-53-45-17-9-12-20-55(45)71-67(53)59/h9-23,26-31,34-38H,24-25,32-33H2,1-8H3/q+2. The van der Waals surface area contributed by atoms with Gasteiger partial charge in [0.15, 0.2) is 12.4 Å². The lowest BCUT2D eigenvalue weighted by atomic mass is 9.86. The molecule has 74 heavy (non-hydrogen) atoms. The van der Waals surface area contributed by atoms with Crippen molar-refractivity contribution in [3.8, 4) is 22.5 Å². The van der Waals surface area contributed by atoms with E-state index < -0.39 is 0 Å². The molecule has 8 aromatic carbocycles. The van der Waals surface area contributed by atoms with Gasteiger partial charge < -0.3 is 17.7 Å². The number of para-hydroxylation sites is 3. The highest BCUT2D eigenvalue weighted by molar-refractivity contribution is 6.21. The molecule has 362 valence electrons. The van der Waals surface area contributed by atoms with Crippen molar-refractivity contribution in [2.45, 2.75) is 67.2 Å². The van der Waals surface area contributed by atoms with E-state index in [1.54, 1.807) is 0 Å². The summed E-state index contributed by atoms with van der Waals surface area (Å²) in [5.41, 5.74) is 19.6. The van der Waals surface area contributed by atoms with Gasteiger partial charge in [-0.1, -0.05) is 87.5 Å². The van der Waals surface area contributed by atoms with Crippen molar-refractivity contribution in [2.24, 2.45) is 25.9 Å². The third kappa shape index (κ3) is 6.63. The highest BCUT2D eigenvalue weighted by Gasteiger charge is 2.31. The van der Waals surface area contributed by atoms with Crippen molar-refractivity contribution in [1.82, 2.24) is 0 Å². The lowest BCUT2D eigenvalue weighted by Crippen LogP contribution is -2.31. The van der Waals surface area contributed by atoms with Gasteiger partial charge in [-0.3, -0.25) is 0 Å². The number of benzene rings is 8. The minimum atomic E-state index is 0.308. The highest BCUT2D eigenvalue weighted by atomic mass is 16.3. The molecule has 0 bridgehead atoms. The lowest BCUT2D eigenvalue weighted by Gasteiger charge is -2.18. The van der Waals surface area contributed by atoms with Crippen LogP contribution in [0.25, 0.3) is 132 Å². The van der Waals surface area contributed by atoms with Gasteiger partial charge in [0, 0.05) is 66.0 Å². The number of hydrogen-bond donors (Lipinski definition) is 0. The van der Waals surface area contributed by atoms with E-state index in [0.29, 0.717) is 11.8 Å². The van der Waals surface area contributed by atoms with Gasteiger partial charge >= 0.3 is 0 Å². The summed E-state index contributed by atoms with van der Waals surface area (Å²) in [6.07, 6.45) is 8.08. The molecule has 0 amide bonds. The maximum Gasteiger partial charge on any atom is 0.224 e. The first kappa shape index (κ1) is 44.5. The Morgan fingerprint density at radius 3 is 1.66 bits per heavy atom. The maximum absolute atomic E-state index is 7.01. The van der Waals surface area contributed by atoms with Crippen LogP contribution in [0.5, 0.6) is 0 Å². The van der Waals surface area contributed by atoms with Crippen molar-refractivity contribution >= 4 is 109 Å². The van der Waals surface area contributed by atoms with E-state index in [1.165, 1.54) is 49.5 Å². The Kier molecular flexibility index (Phi) is 10.0. The maximum atomic E-state index is 7.01. The molecule has 6 heterocycles. The topological polar surface area (TPSA) is 60.3 Å². The molecule has 6 aromatic heterocycles. The van der Waals surface area contributed by atoms with E-state index in [4.69, 9.17) is 17.7 Å². The zero-order chi connectivity index (χ0) is 50.3. The first-order valence-corrected chi connectivity index (χ1v) is 26.4. The van der Waals surface area contributed by atoms with Crippen LogP contribution >= 0.6 is 0 Å². The average molecular weight is 967 g/mol. The summed E-state index contributed by atoms with van der Waals surface area (Å²) >= 11 is 0. The fourth-order valence-electron chi connectivity index (χ4n) is 12.9. The first-order chi connectivity index (χ1) is 36.0. The molecule has 0 saturated carbocycles.